The summed E-state index contributed by atoms with van der Waals surface area (Å²) in [5, 5.41) is 4.53. The monoisotopic (exact) mass is 414 g/mol. The maximum atomic E-state index is 4.64. The normalized spacial score (nSPS) is 17.9. The Hall–Kier alpha value is -2.42. The standard InChI is InChI=1S/C20H30N8S/c1-3-17-24-20(29-25-17)28-12-10-27(11-13-28)19(21-2)23-15-16-6-7-18(22-14-16)26-8-4-5-9-26/h6-7,14H,3-5,8-13,15H2,1-2H3,(H,21,23). The third-order valence-electron chi connectivity index (χ3n) is 5.52. The summed E-state index contributed by atoms with van der Waals surface area (Å²) in [5.74, 6) is 2.98. The van der Waals surface area contributed by atoms with Crippen molar-refractivity contribution in [2.75, 3.05) is 56.1 Å². The molecule has 0 bridgehead atoms. The third-order valence-corrected chi connectivity index (χ3v) is 6.34. The predicted molar refractivity (Wildman–Crippen MR) is 119 cm³/mol. The van der Waals surface area contributed by atoms with E-state index in [1.807, 2.05) is 13.2 Å². The number of nitrogens with zero attached hydrogens (tertiary/aromatic N) is 7. The first kappa shape index (κ1) is 19.9. The Balaban J connectivity index is 1.27. The van der Waals surface area contributed by atoms with Crippen molar-refractivity contribution in [3.8, 4) is 0 Å². The van der Waals surface area contributed by atoms with Gasteiger partial charge in [0.1, 0.15) is 11.6 Å². The molecule has 0 radical (unpaired) electrons. The maximum absolute atomic E-state index is 4.64. The minimum absolute atomic E-state index is 0.733. The Bertz CT molecular complexity index is 804. The molecule has 2 saturated heterocycles. The first-order chi connectivity index (χ1) is 14.3. The SMILES string of the molecule is CCc1nsc(N2CCN(C(=NC)NCc3ccc(N4CCCC4)nc3)CC2)n1. The van der Waals surface area contributed by atoms with Crippen molar-refractivity contribution in [1.82, 2.24) is 24.6 Å². The lowest BCUT2D eigenvalue weighted by atomic mass is 10.2. The molecule has 9 heteroatoms. The highest BCUT2D eigenvalue weighted by molar-refractivity contribution is 7.09. The van der Waals surface area contributed by atoms with Crippen LogP contribution in [0.2, 0.25) is 0 Å². The average Bonchev–Trinajstić information content (AvgIpc) is 3.47. The fraction of sp³-hybridized carbons (Fsp3) is 0.600. The summed E-state index contributed by atoms with van der Waals surface area (Å²) in [4.78, 5) is 20.7. The lowest BCUT2D eigenvalue weighted by Gasteiger charge is -2.36. The molecule has 2 fully saturated rings. The van der Waals surface area contributed by atoms with E-state index < -0.39 is 0 Å². The van der Waals surface area contributed by atoms with Gasteiger partial charge in [-0.2, -0.15) is 4.37 Å². The van der Waals surface area contributed by atoms with Crippen molar-refractivity contribution in [2.24, 2.45) is 4.99 Å². The highest BCUT2D eigenvalue weighted by Crippen LogP contribution is 2.20. The second kappa shape index (κ2) is 9.39. The van der Waals surface area contributed by atoms with Crippen molar-refractivity contribution in [1.29, 1.82) is 0 Å². The molecule has 0 atom stereocenters. The van der Waals surface area contributed by atoms with Gasteiger partial charge in [0.05, 0.1) is 0 Å². The van der Waals surface area contributed by atoms with Crippen molar-refractivity contribution in [3.63, 3.8) is 0 Å². The minimum atomic E-state index is 0.733. The quantitative estimate of drug-likeness (QED) is 0.592. The molecule has 0 aliphatic carbocycles. The summed E-state index contributed by atoms with van der Waals surface area (Å²) < 4.78 is 4.40. The summed E-state index contributed by atoms with van der Waals surface area (Å²) in [6.45, 7) is 8.79. The molecule has 4 rings (SSSR count). The van der Waals surface area contributed by atoms with Crippen molar-refractivity contribution < 1.29 is 0 Å². The van der Waals surface area contributed by atoms with E-state index in [1.165, 1.54) is 29.9 Å². The lowest BCUT2D eigenvalue weighted by Crippen LogP contribution is -2.52. The molecule has 0 saturated carbocycles. The summed E-state index contributed by atoms with van der Waals surface area (Å²) >= 11 is 1.50. The number of hydrogen-bond donors (Lipinski definition) is 1. The smallest absolute Gasteiger partial charge is 0.205 e. The zero-order chi connectivity index (χ0) is 20.1. The maximum Gasteiger partial charge on any atom is 0.205 e. The van der Waals surface area contributed by atoms with Gasteiger partial charge < -0.3 is 20.0 Å². The summed E-state index contributed by atoms with van der Waals surface area (Å²) in [6.07, 6.45) is 5.41. The molecule has 2 aromatic heterocycles. The summed E-state index contributed by atoms with van der Waals surface area (Å²) in [5.41, 5.74) is 1.17. The van der Waals surface area contributed by atoms with Crippen LogP contribution in [0.15, 0.2) is 23.3 Å². The topological polar surface area (TPSA) is 72.8 Å². The zero-order valence-electron chi connectivity index (χ0n) is 17.3. The fourth-order valence-electron chi connectivity index (χ4n) is 3.79. The number of pyridine rings is 1. The Morgan fingerprint density at radius 1 is 1.10 bits per heavy atom. The fourth-order valence-corrected chi connectivity index (χ4v) is 4.60. The van der Waals surface area contributed by atoms with Crippen LogP contribution in [-0.2, 0) is 13.0 Å². The summed E-state index contributed by atoms with van der Waals surface area (Å²) in [6, 6.07) is 4.30. The molecule has 2 aliphatic rings. The van der Waals surface area contributed by atoms with Crippen LogP contribution >= 0.6 is 11.5 Å². The zero-order valence-corrected chi connectivity index (χ0v) is 18.2. The van der Waals surface area contributed by atoms with Crippen LogP contribution in [0.5, 0.6) is 0 Å². The molecule has 2 aliphatic heterocycles. The van der Waals surface area contributed by atoms with E-state index in [2.05, 4.69) is 58.4 Å². The molecule has 2 aromatic rings. The third kappa shape index (κ3) is 4.77. The van der Waals surface area contributed by atoms with E-state index in [0.29, 0.717) is 0 Å². The first-order valence-corrected chi connectivity index (χ1v) is 11.3. The van der Waals surface area contributed by atoms with Gasteiger partial charge in [-0.05, 0) is 24.5 Å². The number of rotatable bonds is 5. The van der Waals surface area contributed by atoms with Gasteiger partial charge in [0.15, 0.2) is 5.96 Å². The second-order valence-corrected chi connectivity index (χ2v) is 8.17. The van der Waals surface area contributed by atoms with E-state index in [9.17, 15) is 0 Å². The number of hydrogen-bond acceptors (Lipinski definition) is 7. The molecular weight excluding hydrogens is 384 g/mol. The van der Waals surface area contributed by atoms with Gasteiger partial charge in [0, 0.05) is 77.0 Å². The van der Waals surface area contributed by atoms with Gasteiger partial charge >= 0.3 is 0 Å². The van der Waals surface area contributed by atoms with Crippen molar-refractivity contribution in [3.05, 3.63) is 29.7 Å². The van der Waals surface area contributed by atoms with E-state index in [0.717, 1.165) is 75.0 Å². The molecule has 0 spiro atoms. The molecule has 0 amide bonds. The van der Waals surface area contributed by atoms with Crippen LogP contribution in [0, 0.1) is 0 Å². The van der Waals surface area contributed by atoms with Crippen LogP contribution < -0.4 is 15.1 Å². The Morgan fingerprint density at radius 3 is 2.52 bits per heavy atom. The number of aryl methyl sites for hydroxylation is 1. The summed E-state index contributed by atoms with van der Waals surface area (Å²) in [7, 11) is 1.85. The van der Waals surface area contributed by atoms with Crippen LogP contribution in [0.1, 0.15) is 31.2 Å². The largest absolute Gasteiger partial charge is 0.357 e. The molecule has 29 heavy (non-hydrogen) atoms. The van der Waals surface area contributed by atoms with Gasteiger partial charge in [-0.15, -0.1) is 0 Å². The number of guanidine groups is 1. The predicted octanol–water partition coefficient (Wildman–Crippen LogP) is 1.99. The molecule has 8 nitrogen and oxygen atoms in total. The lowest BCUT2D eigenvalue weighted by molar-refractivity contribution is 0.372. The Kier molecular flexibility index (Phi) is 6.43. The van der Waals surface area contributed by atoms with E-state index >= 15 is 0 Å². The van der Waals surface area contributed by atoms with Crippen LogP contribution in [0.4, 0.5) is 10.9 Å². The average molecular weight is 415 g/mol. The van der Waals surface area contributed by atoms with Gasteiger partial charge in [-0.25, -0.2) is 9.97 Å². The molecule has 156 valence electrons. The van der Waals surface area contributed by atoms with Gasteiger partial charge in [0.25, 0.3) is 0 Å². The van der Waals surface area contributed by atoms with E-state index in [-0.39, 0.29) is 0 Å². The molecule has 0 aromatic carbocycles. The van der Waals surface area contributed by atoms with Gasteiger partial charge in [-0.1, -0.05) is 13.0 Å². The second-order valence-electron chi connectivity index (χ2n) is 7.44. The highest BCUT2D eigenvalue weighted by atomic mass is 32.1. The van der Waals surface area contributed by atoms with Gasteiger partial charge in [-0.3, -0.25) is 4.99 Å². The van der Waals surface area contributed by atoms with Crippen LogP contribution in [0.25, 0.3) is 0 Å². The number of aromatic nitrogens is 3. The van der Waals surface area contributed by atoms with Crippen LogP contribution in [0.3, 0.4) is 0 Å². The molecule has 4 heterocycles. The van der Waals surface area contributed by atoms with Gasteiger partial charge in [0.2, 0.25) is 5.13 Å². The Morgan fingerprint density at radius 2 is 1.90 bits per heavy atom. The number of piperazine rings is 1. The van der Waals surface area contributed by atoms with E-state index in [4.69, 9.17) is 0 Å². The Labute approximate surface area is 176 Å². The number of anilines is 2. The highest BCUT2D eigenvalue weighted by Gasteiger charge is 2.22. The molecular formula is C20H30N8S. The first-order valence-electron chi connectivity index (χ1n) is 10.5. The van der Waals surface area contributed by atoms with Crippen molar-refractivity contribution >= 4 is 28.4 Å². The van der Waals surface area contributed by atoms with Crippen molar-refractivity contribution in [2.45, 2.75) is 32.7 Å². The molecule has 0 unspecified atom stereocenters. The minimum Gasteiger partial charge on any atom is -0.357 e. The number of nitrogens with one attached hydrogen (secondary N) is 1. The van der Waals surface area contributed by atoms with E-state index in [1.54, 1.807) is 0 Å². The van der Waals surface area contributed by atoms with Crippen LogP contribution in [-0.4, -0.2) is 71.5 Å². The molecule has 1 N–H and O–H groups in total. The number of aliphatic imine (C=N–C) groups is 1.